The van der Waals surface area contributed by atoms with E-state index >= 15 is 0 Å². The van der Waals surface area contributed by atoms with Crippen molar-refractivity contribution in [2.75, 3.05) is 19.0 Å². The van der Waals surface area contributed by atoms with Crippen molar-refractivity contribution in [1.29, 1.82) is 0 Å². The van der Waals surface area contributed by atoms with Crippen LogP contribution >= 0.6 is 0 Å². The van der Waals surface area contributed by atoms with E-state index in [0.717, 1.165) is 29.9 Å². The Morgan fingerprint density at radius 2 is 2.00 bits per heavy atom. The van der Waals surface area contributed by atoms with Gasteiger partial charge in [-0.1, -0.05) is 13.3 Å². The van der Waals surface area contributed by atoms with Crippen LogP contribution in [-0.4, -0.2) is 28.7 Å². The van der Waals surface area contributed by atoms with Gasteiger partial charge in [0.1, 0.15) is 5.82 Å². The van der Waals surface area contributed by atoms with Gasteiger partial charge in [0.2, 0.25) is 0 Å². The lowest BCUT2D eigenvalue weighted by molar-refractivity contribution is 0.318. The fourth-order valence-electron chi connectivity index (χ4n) is 2.06. The van der Waals surface area contributed by atoms with Gasteiger partial charge < -0.3 is 15.2 Å². The molecule has 0 aliphatic heterocycles. The molecule has 2 aromatic rings. The number of nitrogens with one attached hydrogen (secondary N) is 1. The van der Waals surface area contributed by atoms with Crippen molar-refractivity contribution in [3.8, 4) is 22.9 Å². The van der Waals surface area contributed by atoms with Crippen molar-refractivity contribution >= 4 is 5.82 Å². The zero-order chi connectivity index (χ0) is 15.2. The third-order valence-corrected chi connectivity index (χ3v) is 3.06. The average Bonchev–Trinajstić information content (AvgIpc) is 2.49. The van der Waals surface area contributed by atoms with E-state index in [1.807, 2.05) is 20.0 Å². The van der Waals surface area contributed by atoms with Gasteiger partial charge >= 0.3 is 0 Å². The maximum Gasteiger partial charge on any atom is 0.161 e. The van der Waals surface area contributed by atoms with Gasteiger partial charge in [0.05, 0.1) is 6.61 Å². The molecule has 0 aliphatic rings. The smallest absolute Gasteiger partial charge is 0.161 e. The number of nitrogens with zero attached hydrogens (tertiary/aromatic N) is 2. The van der Waals surface area contributed by atoms with E-state index in [9.17, 15) is 5.11 Å². The number of ether oxygens (including phenoxy) is 1. The maximum absolute atomic E-state index is 9.77. The summed E-state index contributed by atoms with van der Waals surface area (Å²) < 4.78 is 5.41. The SMILES string of the molecule is CCCc1cc(NC)nc(-c2ccc(O)c(OCC)c2)n1. The second-order valence-corrected chi connectivity index (χ2v) is 4.68. The number of benzene rings is 1. The molecule has 0 amide bonds. The largest absolute Gasteiger partial charge is 0.504 e. The van der Waals surface area contributed by atoms with Crippen LogP contribution in [0.25, 0.3) is 11.4 Å². The number of aromatic nitrogens is 2. The Morgan fingerprint density at radius 1 is 1.19 bits per heavy atom. The second-order valence-electron chi connectivity index (χ2n) is 4.68. The first-order chi connectivity index (χ1) is 10.2. The molecular formula is C16H21N3O2. The molecule has 2 rings (SSSR count). The van der Waals surface area contributed by atoms with Crippen LogP contribution in [0.4, 0.5) is 5.82 Å². The number of aryl methyl sites for hydroxylation is 1. The molecule has 0 atom stereocenters. The highest BCUT2D eigenvalue weighted by molar-refractivity contribution is 5.62. The standard InChI is InChI=1S/C16H21N3O2/c1-4-6-12-10-15(17-3)19-16(18-12)11-7-8-13(20)14(9-11)21-5-2/h7-10,20H,4-6H2,1-3H3,(H,17,18,19). The van der Waals surface area contributed by atoms with E-state index < -0.39 is 0 Å². The monoisotopic (exact) mass is 287 g/mol. The predicted molar refractivity (Wildman–Crippen MR) is 83.8 cm³/mol. The highest BCUT2D eigenvalue weighted by atomic mass is 16.5. The van der Waals surface area contributed by atoms with E-state index in [4.69, 9.17) is 4.74 Å². The Bertz CT molecular complexity index is 614. The molecule has 0 radical (unpaired) electrons. The van der Waals surface area contributed by atoms with E-state index in [0.29, 0.717) is 18.2 Å². The zero-order valence-electron chi connectivity index (χ0n) is 12.7. The van der Waals surface area contributed by atoms with Crippen LogP contribution in [0.5, 0.6) is 11.5 Å². The Morgan fingerprint density at radius 3 is 2.67 bits per heavy atom. The summed E-state index contributed by atoms with van der Waals surface area (Å²) in [7, 11) is 1.84. The van der Waals surface area contributed by atoms with Crippen LogP contribution in [0, 0.1) is 0 Å². The number of hydrogen-bond donors (Lipinski definition) is 2. The molecule has 0 aliphatic carbocycles. The fourth-order valence-corrected chi connectivity index (χ4v) is 2.06. The first-order valence-electron chi connectivity index (χ1n) is 7.19. The van der Waals surface area contributed by atoms with Gasteiger partial charge in [-0.15, -0.1) is 0 Å². The van der Waals surface area contributed by atoms with Crippen LogP contribution in [0.15, 0.2) is 24.3 Å². The van der Waals surface area contributed by atoms with Crippen LogP contribution in [-0.2, 0) is 6.42 Å². The van der Waals surface area contributed by atoms with Gasteiger partial charge in [-0.2, -0.15) is 0 Å². The minimum atomic E-state index is 0.124. The maximum atomic E-state index is 9.77. The molecule has 5 nitrogen and oxygen atoms in total. The number of rotatable bonds is 6. The van der Waals surface area contributed by atoms with Gasteiger partial charge in [-0.25, -0.2) is 9.97 Å². The van der Waals surface area contributed by atoms with E-state index in [1.54, 1.807) is 18.2 Å². The molecule has 0 saturated heterocycles. The van der Waals surface area contributed by atoms with E-state index in [2.05, 4.69) is 22.2 Å². The lowest BCUT2D eigenvalue weighted by atomic mass is 10.1. The topological polar surface area (TPSA) is 67.3 Å². The number of aromatic hydroxyl groups is 1. The number of phenolic OH excluding ortho intramolecular Hbond substituents is 1. The van der Waals surface area contributed by atoms with Crippen molar-refractivity contribution < 1.29 is 9.84 Å². The first-order valence-corrected chi connectivity index (χ1v) is 7.19. The molecule has 0 saturated carbocycles. The lowest BCUT2D eigenvalue weighted by Gasteiger charge is -2.10. The quantitative estimate of drug-likeness (QED) is 0.853. The Labute approximate surface area is 125 Å². The van der Waals surface area contributed by atoms with Gasteiger partial charge in [-0.3, -0.25) is 0 Å². The van der Waals surface area contributed by atoms with Crippen molar-refractivity contribution in [3.05, 3.63) is 30.0 Å². The minimum Gasteiger partial charge on any atom is -0.504 e. The predicted octanol–water partition coefficient (Wildman–Crippen LogP) is 3.24. The second kappa shape index (κ2) is 6.92. The molecular weight excluding hydrogens is 266 g/mol. The molecule has 0 spiro atoms. The number of phenols is 1. The summed E-state index contributed by atoms with van der Waals surface area (Å²) in [6.07, 6.45) is 1.93. The summed E-state index contributed by atoms with van der Waals surface area (Å²) in [5.41, 5.74) is 1.82. The van der Waals surface area contributed by atoms with Crippen molar-refractivity contribution in [3.63, 3.8) is 0 Å². The minimum absolute atomic E-state index is 0.124. The van der Waals surface area contributed by atoms with E-state index in [-0.39, 0.29) is 5.75 Å². The Hall–Kier alpha value is -2.30. The lowest BCUT2D eigenvalue weighted by Crippen LogP contribution is -2.01. The van der Waals surface area contributed by atoms with Crippen LogP contribution in [0.3, 0.4) is 0 Å². The normalized spacial score (nSPS) is 10.4. The summed E-state index contributed by atoms with van der Waals surface area (Å²) >= 11 is 0. The van der Waals surface area contributed by atoms with Gasteiger partial charge in [0.15, 0.2) is 17.3 Å². The Kier molecular flexibility index (Phi) is 4.98. The summed E-state index contributed by atoms with van der Waals surface area (Å²) in [6.45, 7) is 4.49. The van der Waals surface area contributed by atoms with Crippen molar-refractivity contribution in [1.82, 2.24) is 9.97 Å². The summed E-state index contributed by atoms with van der Waals surface area (Å²) in [6, 6.07) is 7.12. The Balaban J connectivity index is 2.44. The molecule has 1 aromatic carbocycles. The zero-order valence-corrected chi connectivity index (χ0v) is 12.7. The highest BCUT2D eigenvalue weighted by Crippen LogP contribution is 2.31. The third-order valence-electron chi connectivity index (χ3n) is 3.06. The van der Waals surface area contributed by atoms with Crippen LogP contribution in [0.1, 0.15) is 26.0 Å². The number of anilines is 1. The average molecular weight is 287 g/mol. The molecule has 0 unspecified atom stereocenters. The summed E-state index contributed by atoms with van der Waals surface area (Å²) in [5, 5.41) is 12.8. The molecule has 1 aromatic heterocycles. The fraction of sp³-hybridized carbons (Fsp3) is 0.375. The van der Waals surface area contributed by atoms with E-state index in [1.165, 1.54) is 0 Å². The highest BCUT2D eigenvalue weighted by Gasteiger charge is 2.10. The molecule has 21 heavy (non-hydrogen) atoms. The first kappa shape index (κ1) is 15.1. The molecule has 0 fully saturated rings. The van der Waals surface area contributed by atoms with Crippen LogP contribution in [0.2, 0.25) is 0 Å². The van der Waals surface area contributed by atoms with Crippen LogP contribution < -0.4 is 10.1 Å². The molecule has 112 valence electrons. The van der Waals surface area contributed by atoms with Gasteiger partial charge in [-0.05, 0) is 31.5 Å². The molecule has 0 bridgehead atoms. The molecule has 2 N–H and O–H groups in total. The van der Waals surface area contributed by atoms with Crippen molar-refractivity contribution in [2.45, 2.75) is 26.7 Å². The number of hydrogen-bond acceptors (Lipinski definition) is 5. The summed E-state index contributed by atoms with van der Waals surface area (Å²) in [4.78, 5) is 9.06. The van der Waals surface area contributed by atoms with Gasteiger partial charge in [0, 0.05) is 24.4 Å². The third kappa shape index (κ3) is 3.62. The molecule has 1 heterocycles. The van der Waals surface area contributed by atoms with Crippen molar-refractivity contribution in [2.24, 2.45) is 0 Å². The summed E-state index contributed by atoms with van der Waals surface area (Å²) in [5.74, 6) is 1.99. The van der Waals surface area contributed by atoms with Gasteiger partial charge in [0.25, 0.3) is 0 Å². The molecule has 5 heteroatoms.